The maximum Gasteiger partial charge on any atom is 0.230 e. The molecule has 0 radical (unpaired) electrons. The molecule has 1 rings (SSSR count). The summed E-state index contributed by atoms with van der Waals surface area (Å²) in [4.78, 5) is 15.6. The van der Waals surface area contributed by atoms with Gasteiger partial charge in [0.05, 0.1) is 5.75 Å². The average Bonchev–Trinajstić information content (AvgIpc) is 2.44. The summed E-state index contributed by atoms with van der Waals surface area (Å²) in [7, 11) is 1.91. The van der Waals surface area contributed by atoms with Gasteiger partial charge in [-0.2, -0.15) is 0 Å². The minimum absolute atomic E-state index is 0.0375. The van der Waals surface area contributed by atoms with Crippen molar-refractivity contribution in [2.45, 2.75) is 31.5 Å². The molecule has 0 unspecified atom stereocenters. The Morgan fingerprint density at radius 2 is 2.27 bits per heavy atom. The van der Waals surface area contributed by atoms with E-state index in [-0.39, 0.29) is 11.4 Å². The first kappa shape index (κ1) is 12.1. The zero-order valence-corrected chi connectivity index (χ0v) is 10.4. The number of aromatic nitrogens is 2. The van der Waals surface area contributed by atoms with Gasteiger partial charge in [0.15, 0.2) is 5.16 Å². The Labute approximate surface area is 94.5 Å². The summed E-state index contributed by atoms with van der Waals surface area (Å²) in [5.74, 6) is 0.442. The van der Waals surface area contributed by atoms with E-state index in [1.54, 1.807) is 6.20 Å². The quantitative estimate of drug-likeness (QED) is 0.795. The van der Waals surface area contributed by atoms with Crippen LogP contribution in [-0.2, 0) is 11.8 Å². The van der Waals surface area contributed by atoms with Gasteiger partial charge in [0.25, 0.3) is 0 Å². The second-order valence-electron chi connectivity index (χ2n) is 4.41. The highest BCUT2D eigenvalue weighted by Gasteiger charge is 2.14. The number of carbonyl (C=O) groups excluding carboxylic acids is 1. The number of hydrogen-bond acceptors (Lipinski definition) is 3. The lowest BCUT2D eigenvalue weighted by atomic mass is 10.1. The Balaban J connectivity index is 2.38. The van der Waals surface area contributed by atoms with Crippen LogP contribution >= 0.6 is 11.8 Å². The number of aryl methyl sites for hydroxylation is 1. The lowest BCUT2D eigenvalue weighted by Crippen LogP contribution is -2.41. The van der Waals surface area contributed by atoms with Crippen LogP contribution in [0.4, 0.5) is 0 Å². The molecule has 0 saturated carbocycles. The summed E-state index contributed by atoms with van der Waals surface area (Å²) in [6, 6.07) is 0. The number of thioether (sulfide) groups is 1. The van der Waals surface area contributed by atoms with Crippen molar-refractivity contribution in [1.29, 1.82) is 0 Å². The second kappa shape index (κ2) is 4.70. The van der Waals surface area contributed by atoms with E-state index in [0.717, 1.165) is 5.16 Å². The molecule has 5 heteroatoms. The van der Waals surface area contributed by atoms with Gasteiger partial charge in [-0.25, -0.2) is 4.98 Å². The van der Waals surface area contributed by atoms with Crippen molar-refractivity contribution >= 4 is 17.7 Å². The number of amides is 1. The minimum atomic E-state index is -0.167. The summed E-state index contributed by atoms with van der Waals surface area (Å²) in [5, 5.41) is 3.76. The molecule has 1 heterocycles. The highest BCUT2D eigenvalue weighted by atomic mass is 32.2. The van der Waals surface area contributed by atoms with Crippen LogP contribution in [0, 0.1) is 0 Å². The number of imidazole rings is 1. The summed E-state index contributed by atoms with van der Waals surface area (Å²) in [6.07, 6.45) is 3.59. The van der Waals surface area contributed by atoms with Crippen molar-refractivity contribution in [3.05, 3.63) is 12.4 Å². The predicted molar refractivity (Wildman–Crippen MR) is 61.8 cm³/mol. The molecule has 0 saturated heterocycles. The van der Waals surface area contributed by atoms with Gasteiger partial charge in [0.1, 0.15) is 0 Å². The standard InChI is InChI=1S/C10H17N3OS/c1-10(2,3)12-8(14)7-15-9-11-5-6-13(9)4/h5-6H,7H2,1-4H3,(H,12,14). The summed E-state index contributed by atoms with van der Waals surface area (Å²) >= 11 is 1.44. The third kappa shape index (κ3) is 4.38. The lowest BCUT2D eigenvalue weighted by molar-refractivity contribution is -0.119. The lowest BCUT2D eigenvalue weighted by Gasteiger charge is -2.20. The normalized spacial score (nSPS) is 11.5. The molecule has 0 aliphatic carbocycles. The van der Waals surface area contributed by atoms with E-state index in [2.05, 4.69) is 10.3 Å². The molecule has 1 aromatic rings. The van der Waals surface area contributed by atoms with E-state index in [1.807, 2.05) is 38.6 Å². The van der Waals surface area contributed by atoms with Gasteiger partial charge in [-0.1, -0.05) is 11.8 Å². The van der Waals surface area contributed by atoms with Gasteiger partial charge in [0.2, 0.25) is 5.91 Å². The van der Waals surface area contributed by atoms with E-state index in [0.29, 0.717) is 5.75 Å². The van der Waals surface area contributed by atoms with Crippen LogP contribution in [0.2, 0.25) is 0 Å². The SMILES string of the molecule is Cn1ccnc1SCC(=O)NC(C)(C)C. The summed E-state index contributed by atoms with van der Waals surface area (Å²) in [6.45, 7) is 5.91. The molecule has 1 aromatic heterocycles. The predicted octanol–water partition coefficient (Wildman–Crippen LogP) is 1.43. The highest BCUT2D eigenvalue weighted by molar-refractivity contribution is 7.99. The molecule has 1 N–H and O–H groups in total. The summed E-state index contributed by atoms with van der Waals surface area (Å²) in [5.41, 5.74) is -0.167. The molecule has 0 aromatic carbocycles. The molecule has 0 aliphatic rings. The van der Waals surface area contributed by atoms with Gasteiger partial charge in [-0.05, 0) is 20.8 Å². The fourth-order valence-electron chi connectivity index (χ4n) is 1.08. The van der Waals surface area contributed by atoms with Crippen molar-refractivity contribution in [3.8, 4) is 0 Å². The van der Waals surface area contributed by atoms with Crippen molar-refractivity contribution < 1.29 is 4.79 Å². The molecular formula is C10H17N3OS. The van der Waals surface area contributed by atoms with Crippen molar-refractivity contribution in [2.24, 2.45) is 7.05 Å². The zero-order chi connectivity index (χ0) is 11.5. The van der Waals surface area contributed by atoms with Gasteiger partial charge < -0.3 is 9.88 Å². The Hall–Kier alpha value is -0.970. The third-order valence-electron chi connectivity index (χ3n) is 1.62. The number of nitrogens with zero attached hydrogens (tertiary/aromatic N) is 2. The van der Waals surface area contributed by atoms with E-state index < -0.39 is 0 Å². The monoisotopic (exact) mass is 227 g/mol. The van der Waals surface area contributed by atoms with Crippen LogP contribution in [-0.4, -0.2) is 26.8 Å². The maximum absolute atomic E-state index is 11.5. The van der Waals surface area contributed by atoms with Crippen LogP contribution in [0.3, 0.4) is 0 Å². The molecule has 15 heavy (non-hydrogen) atoms. The number of carbonyl (C=O) groups is 1. The first-order valence-corrected chi connectivity index (χ1v) is 5.78. The highest BCUT2D eigenvalue weighted by Crippen LogP contribution is 2.14. The Bertz CT molecular complexity index is 341. The van der Waals surface area contributed by atoms with Crippen molar-refractivity contribution in [1.82, 2.24) is 14.9 Å². The number of nitrogens with one attached hydrogen (secondary N) is 1. The van der Waals surface area contributed by atoms with Crippen LogP contribution in [0.15, 0.2) is 17.6 Å². The second-order valence-corrected chi connectivity index (χ2v) is 5.35. The Morgan fingerprint density at radius 3 is 2.73 bits per heavy atom. The van der Waals surface area contributed by atoms with E-state index in [9.17, 15) is 4.79 Å². The van der Waals surface area contributed by atoms with Crippen LogP contribution in [0.1, 0.15) is 20.8 Å². The Kier molecular flexibility index (Phi) is 3.79. The van der Waals surface area contributed by atoms with Crippen LogP contribution in [0.25, 0.3) is 0 Å². The molecule has 0 aliphatic heterocycles. The topological polar surface area (TPSA) is 46.9 Å². The molecule has 0 atom stereocenters. The molecule has 0 fully saturated rings. The molecule has 1 amide bonds. The van der Waals surface area contributed by atoms with Gasteiger partial charge in [-0.3, -0.25) is 4.79 Å². The fourth-order valence-corrected chi connectivity index (χ4v) is 1.81. The fraction of sp³-hybridized carbons (Fsp3) is 0.600. The van der Waals surface area contributed by atoms with E-state index in [1.165, 1.54) is 11.8 Å². The van der Waals surface area contributed by atoms with E-state index in [4.69, 9.17) is 0 Å². The number of hydrogen-bond donors (Lipinski definition) is 1. The third-order valence-corrected chi connectivity index (χ3v) is 2.68. The number of rotatable bonds is 3. The first-order valence-electron chi connectivity index (χ1n) is 4.79. The molecule has 0 spiro atoms. The zero-order valence-electron chi connectivity index (χ0n) is 9.57. The van der Waals surface area contributed by atoms with Crippen LogP contribution < -0.4 is 5.32 Å². The summed E-state index contributed by atoms with van der Waals surface area (Å²) < 4.78 is 1.90. The molecule has 0 bridgehead atoms. The average molecular weight is 227 g/mol. The van der Waals surface area contributed by atoms with Gasteiger partial charge in [-0.15, -0.1) is 0 Å². The Morgan fingerprint density at radius 1 is 1.60 bits per heavy atom. The largest absolute Gasteiger partial charge is 0.351 e. The minimum Gasteiger partial charge on any atom is -0.351 e. The molecule has 4 nitrogen and oxygen atoms in total. The maximum atomic E-state index is 11.5. The molecular weight excluding hydrogens is 210 g/mol. The van der Waals surface area contributed by atoms with E-state index >= 15 is 0 Å². The molecule has 84 valence electrons. The van der Waals surface area contributed by atoms with Gasteiger partial charge >= 0.3 is 0 Å². The van der Waals surface area contributed by atoms with Crippen molar-refractivity contribution in [2.75, 3.05) is 5.75 Å². The van der Waals surface area contributed by atoms with Crippen LogP contribution in [0.5, 0.6) is 0 Å². The van der Waals surface area contributed by atoms with Crippen molar-refractivity contribution in [3.63, 3.8) is 0 Å². The smallest absolute Gasteiger partial charge is 0.230 e. The van der Waals surface area contributed by atoms with Gasteiger partial charge in [0, 0.05) is 25.0 Å². The first-order chi connectivity index (χ1) is 6.88.